The molecule has 0 aliphatic carbocycles. The molecule has 2 aromatic rings. The lowest BCUT2D eigenvalue weighted by Crippen LogP contribution is -2.44. The lowest BCUT2D eigenvalue weighted by atomic mass is 10.1. The average Bonchev–Trinajstić information content (AvgIpc) is 3.13. The van der Waals surface area contributed by atoms with E-state index in [4.69, 9.17) is 11.6 Å². The Balaban J connectivity index is 1.37. The highest BCUT2D eigenvalue weighted by molar-refractivity contribution is 7.89. The molecule has 158 valence electrons. The molecule has 1 fully saturated rings. The SMILES string of the molecule is O=C(CNS(=O)(=O)c1ccc(F)c(Cl)c1)NC1CC2C(=O)Nc3ccccc3N2C1. The molecule has 2 aliphatic rings. The summed E-state index contributed by atoms with van der Waals surface area (Å²) < 4.78 is 40.0. The van der Waals surface area contributed by atoms with Crippen LogP contribution in [0.4, 0.5) is 15.8 Å². The number of carbonyl (C=O) groups is 2. The highest BCUT2D eigenvalue weighted by Gasteiger charge is 2.41. The smallest absolute Gasteiger partial charge is 0.247 e. The zero-order chi connectivity index (χ0) is 21.5. The van der Waals surface area contributed by atoms with E-state index < -0.39 is 34.3 Å². The van der Waals surface area contributed by atoms with Crippen LogP contribution >= 0.6 is 11.6 Å². The van der Waals surface area contributed by atoms with Gasteiger partial charge in [0, 0.05) is 12.6 Å². The summed E-state index contributed by atoms with van der Waals surface area (Å²) in [5, 5.41) is 5.28. The largest absolute Gasteiger partial charge is 0.356 e. The van der Waals surface area contributed by atoms with Crippen molar-refractivity contribution in [2.24, 2.45) is 0 Å². The van der Waals surface area contributed by atoms with Gasteiger partial charge < -0.3 is 15.5 Å². The molecule has 4 rings (SSSR count). The van der Waals surface area contributed by atoms with Crippen LogP contribution in [0.2, 0.25) is 5.02 Å². The van der Waals surface area contributed by atoms with Gasteiger partial charge >= 0.3 is 0 Å². The minimum Gasteiger partial charge on any atom is -0.356 e. The van der Waals surface area contributed by atoms with E-state index in [9.17, 15) is 22.4 Å². The molecule has 11 heteroatoms. The van der Waals surface area contributed by atoms with E-state index in [1.54, 1.807) is 0 Å². The van der Waals surface area contributed by atoms with Crippen molar-refractivity contribution in [1.82, 2.24) is 10.0 Å². The Morgan fingerprint density at radius 2 is 2.03 bits per heavy atom. The van der Waals surface area contributed by atoms with Gasteiger partial charge in [0.25, 0.3) is 0 Å². The first-order valence-electron chi connectivity index (χ1n) is 9.15. The lowest BCUT2D eigenvalue weighted by Gasteiger charge is -2.32. The Bertz CT molecular complexity index is 1130. The highest BCUT2D eigenvalue weighted by Crippen LogP contribution is 2.36. The Labute approximate surface area is 177 Å². The number of nitrogens with zero attached hydrogens (tertiary/aromatic N) is 1. The number of fused-ring (bicyclic) bond motifs is 3. The summed E-state index contributed by atoms with van der Waals surface area (Å²) in [6.45, 7) is -0.0670. The maximum atomic E-state index is 13.2. The van der Waals surface area contributed by atoms with Crippen LogP contribution < -0.4 is 20.3 Å². The minimum atomic E-state index is -4.03. The molecular weight excluding hydrogens is 435 g/mol. The van der Waals surface area contributed by atoms with Crippen molar-refractivity contribution >= 4 is 44.8 Å². The summed E-state index contributed by atoms with van der Waals surface area (Å²) in [5.41, 5.74) is 1.60. The predicted molar refractivity (Wildman–Crippen MR) is 109 cm³/mol. The lowest BCUT2D eigenvalue weighted by molar-refractivity contribution is -0.121. The van der Waals surface area contributed by atoms with E-state index >= 15 is 0 Å². The quantitative estimate of drug-likeness (QED) is 0.637. The van der Waals surface area contributed by atoms with Crippen LogP contribution in [0, 0.1) is 5.82 Å². The molecule has 0 spiro atoms. The van der Waals surface area contributed by atoms with Crippen LogP contribution in [0.1, 0.15) is 6.42 Å². The maximum Gasteiger partial charge on any atom is 0.247 e. The van der Waals surface area contributed by atoms with Crippen molar-refractivity contribution in [2.45, 2.75) is 23.4 Å². The number of carbonyl (C=O) groups excluding carboxylic acids is 2. The van der Waals surface area contributed by atoms with Gasteiger partial charge in [0.15, 0.2) is 0 Å². The van der Waals surface area contributed by atoms with Crippen LogP contribution in [0.25, 0.3) is 0 Å². The van der Waals surface area contributed by atoms with E-state index in [2.05, 4.69) is 15.4 Å². The molecular formula is C19H18ClFN4O4S. The van der Waals surface area contributed by atoms with Gasteiger partial charge in [-0.1, -0.05) is 23.7 Å². The molecule has 2 atom stereocenters. The number of para-hydroxylation sites is 2. The maximum absolute atomic E-state index is 13.2. The van der Waals surface area contributed by atoms with Gasteiger partial charge in [-0.3, -0.25) is 9.59 Å². The van der Waals surface area contributed by atoms with E-state index in [1.165, 1.54) is 0 Å². The average molecular weight is 453 g/mol. The van der Waals surface area contributed by atoms with E-state index in [-0.39, 0.29) is 21.9 Å². The molecule has 1 saturated heterocycles. The molecule has 3 N–H and O–H groups in total. The number of benzene rings is 2. The summed E-state index contributed by atoms with van der Waals surface area (Å²) in [7, 11) is -4.03. The van der Waals surface area contributed by atoms with Crippen molar-refractivity contribution in [2.75, 3.05) is 23.3 Å². The standard InChI is InChI=1S/C19H18ClFN4O4S/c20-13-8-12(5-6-14(13)21)30(28,29)22-9-18(26)23-11-7-17-19(27)24-15-3-1-2-4-16(15)25(17)10-11/h1-6,8,11,17,22H,7,9-10H2,(H,23,26)(H,24,27). The number of halogens is 2. The molecule has 0 bridgehead atoms. The molecule has 0 radical (unpaired) electrons. The fourth-order valence-electron chi connectivity index (χ4n) is 3.67. The summed E-state index contributed by atoms with van der Waals surface area (Å²) in [5.74, 6) is -1.42. The van der Waals surface area contributed by atoms with Crippen molar-refractivity contribution in [3.8, 4) is 0 Å². The van der Waals surface area contributed by atoms with Gasteiger partial charge in [-0.05, 0) is 36.8 Å². The van der Waals surface area contributed by atoms with E-state index in [0.29, 0.717) is 13.0 Å². The van der Waals surface area contributed by atoms with Gasteiger partial charge in [-0.2, -0.15) is 0 Å². The molecule has 2 aromatic carbocycles. The second kappa shape index (κ2) is 7.86. The van der Waals surface area contributed by atoms with Crippen LogP contribution in [0.3, 0.4) is 0 Å². The van der Waals surface area contributed by atoms with Gasteiger partial charge in [-0.25, -0.2) is 17.5 Å². The Hall–Kier alpha value is -2.69. The van der Waals surface area contributed by atoms with Gasteiger partial charge in [0.2, 0.25) is 21.8 Å². The van der Waals surface area contributed by atoms with Crippen LogP contribution in [-0.4, -0.2) is 45.4 Å². The van der Waals surface area contributed by atoms with E-state index in [0.717, 1.165) is 29.6 Å². The predicted octanol–water partition coefficient (Wildman–Crippen LogP) is 1.47. The third kappa shape index (κ3) is 3.98. The van der Waals surface area contributed by atoms with Crippen LogP contribution in [0.15, 0.2) is 47.4 Å². The normalized spacial score (nSPS) is 20.3. The summed E-state index contributed by atoms with van der Waals surface area (Å²) in [4.78, 5) is 26.3. The molecule has 2 heterocycles. The topological polar surface area (TPSA) is 108 Å². The minimum absolute atomic E-state index is 0.139. The fourth-order valence-corrected chi connectivity index (χ4v) is 4.92. The number of hydrogen-bond donors (Lipinski definition) is 3. The zero-order valence-electron chi connectivity index (χ0n) is 15.6. The van der Waals surface area contributed by atoms with Crippen LogP contribution in [-0.2, 0) is 19.6 Å². The number of rotatable bonds is 5. The summed E-state index contributed by atoms with van der Waals surface area (Å²) in [6, 6.07) is 9.67. The van der Waals surface area contributed by atoms with Crippen molar-refractivity contribution < 1.29 is 22.4 Å². The second-order valence-electron chi connectivity index (χ2n) is 7.08. The highest BCUT2D eigenvalue weighted by atomic mass is 35.5. The Morgan fingerprint density at radius 1 is 1.27 bits per heavy atom. The first-order chi connectivity index (χ1) is 14.2. The Kier molecular flexibility index (Phi) is 5.39. The molecule has 0 aromatic heterocycles. The van der Waals surface area contributed by atoms with Crippen molar-refractivity contribution in [3.63, 3.8) is 0 Å². The summed E-state index contributed by atoms with van der Waals surface area (Å²) in [6.07, 6.45) is 0.409. The van der Waals surface area contributed by atoms with Gasteiger partial charge in [0.1, 0.15) is 11.9 Å². The summed E-state index contributed by atoms with van der Waals surface area (Å²) >= 11 is 5.62. The zero-order valence-corrected chi connectivity index (χ0v) is 17.1. The number of hydrogen-bond acceptors (Lipinski definition) is 5. The van der Waals surface area contributed by atoms with Gasteiger partial charge in [-0.15, -0.1) is 0 Å². The first kappa shape index (κ1) is 20.6. The molecule has 2 aliphatic heterocycles. The molecule has 30 heavy (non-hydrogen) atoms. The number of anilines is 2. The van der Waals surface area contributed by atoms with Crippen LogP contribution in [0.5, 0.6) is 0 Å². The number of nitrogens with one attached hydrogen (secondary N) is 3. The van der Waals surface area contributed by atoms with E-state index in [1.807, 2.05) is 29.2 Å². The second-order valence-corrected chi connectivity index (χ2v) is 9.25. The third-order valence-corrected chi connectivity index (χ3v) is 6.75. The fraction of sp³-hybridized carbons (Fsp3) is 0.263. The monoisotopic (exact) mass is 452 g/mol. The molecule has 2 unspecified atom stereocenters. The number of amides is 2. The number of sulfonamides is 1. The molecule has 2 amide bonds. The molecule has 8 nitrogen and oxygen atoms in total. The molecule has 0 saturated carbocycles. The van der Waals surface area contributed by atoms with Crippen molar-refractivity contribution in [1.29, 1.82) is 0 Å². The Morgan fingerprint density at radius 3 is 2.80 bits per heavy atom. The third-order valence-electron chi connectivity index (χ3n) is 5.06. The van der Waals surface area contributed by atoms with Gasteiger partial charge in [0.05, 0.1) is 27.8 Å². The van der Waals surface area contributed by atoms with Crippen molar-refractivity contribution in [3.05, 3.63) is 53.3 Å². The first-order valence-corrected chi connectivity index (χ1v) is 11.0.